The predicted molar refractivity (Wildman–Crippen MR) is 129 cm³/mol. The molecule has 1 aliphatic rings. The number of hydrogen-bond donors (Lipinski definition) is 2. The number of aromatic amines is 1. The molecular weight excluding hydrogens is 528 g/mol. The van der Waals surface area contributed by atoms with Crippen LogP contribution in [0.15, 0.2) is 41.2 Å². The standard InChI is InChI=1S/C27H25F6N3O3/c1-14-8-22(37)36-25(35-14)23-21(27(31,32)33)7-4-17(24(23)30)12-34-26(38)16-2-5-20(6-3-16)39-13-15-9-18(28)11-19(29)10-15/h4,7-11,16,20H,2-3,5-6,12-13H2,1H3,(H,34,38)(H,35,36,37)/t16-,20-. The second-order valence-corrected chi connectivity index (χ2v) is 9.47. The number of H-pyrrole nitrogens is 1. The molecule has 1 aromatic heterocycles. The molecule has 2 N–H and O–H groups in total. The fourth-order valence-electron chi connectivity index (χ4n) is 4.65. The minimum absolute atomic E-state index is 0.0206. The Morgan fingerprint density at radius 1 is 1.05 bits per heavy atom. The highest BCUT2D eigenvalue weighted by Crippen LogP contribution is 2.38. The third-order valence-corrected chi connectivity index (χ3v) is 6.54. The van der Waals surface area contributed by atoms with E-state index >= 15 is 4.39 Å². The maximum atomic E-state index is 15.4. The molecule has 0 unspecified atom stereocenters. The normalized spacial score (nSPS) is 17.7. The Morgan fingerprint density at radius 2 is 1.72 bits per heavy atom. The summed E-state index contributed by atoms with van der Waals surface area (Å²) in [7, 11) is 0. The molecule has 3 aromatic rings. The molecule has 12 heteroatoms. The van der Waals surface area contributed by atoms with Gasteiger partial charge in [-0.2, -0.15) is 13.2 Å². The van der Waals surface area contributed by atoms with E-state index in [-0.39, 0.29) is 36.4 Å². The highest BCUT2D eigenvalue weighted by molar-refractivity contribution is 5.78. The lowest BCUT2D eigenvalue weighted by Crippen LogP contribution is -2.34. The maximum absolute atomic E-state index is 15.4. The number of hydrogen-bond acceptors (Lipinski definition) is 4. The van der Waals surface area contributed by atoms with Crippen molar-refractivity contribution in [1.29, 1.82) is 0 Å². The molecule has 0 spiro atoms. The van der Waals surface area contributed by atoms with Crippen molar-refractivity contribution in [2.75, 3.05) is 0 Å². The van der Waals surface area contributed by atoms with Gasteiger partial charge in [-0.15, -0.1) is 0 Å². The van der Waals surface area contributed by atoms with E-state index in [1.165, 1.54) is 19.1 Å². The largest absolute Gasteiger partial charge is 0.417 e. The fourth-order valence-corrected chi connectivity index (χ4v) is 4.65. The Hall–Kier alpha value is -3.67. The first-order valence-corrected chi connectivity index (χ1v) is 12.2. The lowest BCUT2D eigenvalue weighted by molar-refractivity contribution is -0.137. The number of aryl methyl sites for hydroxylation is 1. The van der Waals surface area contributed by atoms with E-state index in [0.717, 1.165) is 18.2 Å². The van der Waals surface area contributed by atoms with Crippen LogP contribution in [0.2, 0.25) is 0 Å². The number of benzene rings is 2. The van der Waals surface area contributed by atoms with E-state index in [0.29, 0.717) is 37.3 Å². The smallest absolute Gasteiger partial charge is 0.374 e. The van der Waals surface area contributed by atoms with Gasteiger partial charge in [-0.1, -0.05) is 6.07 Å². The number of nitrogens with one attached hydrogen (secondary N) is 2. The van der Waals surface area contributed by atoms with Crippen molar-refractivity contribution in [3.8, 4) is 11.4 Å². The van der Waals surface area contributed by atoms with Gasteiger partial charge in [0.2, 0.25) is 5.91 Å². The van der Waals surface area contributed by atoms with Crippen molar-refractivity contribution < 1.29 is 35.9 Å². The van der Waals surface area contributed by atoms with Crippen LogP contribution in [0.4, 0.5) is 26.3 Å². The first-order valence-electron chi connectivity index (χ1n) is 12.2. The molecule has 39 heavy (non-hydrogen) atoms. The lowest BCUT2D eigenvalue weighted by atomic mass is 9.86. The first-order chi connectivity index (χ1) is 18.4. The van der Waals surface area contributed by atoms with Crippen molar-refractivity contribution in [3.05, 3.63) is 86.6 Å². The van der Waals surface area contributed by atoms with Crippen LogP contribution in [0, 0.1) is 30.3 Å². The average Bonchev–Trinajstić information content (AvgIpc) is 2.85. The van der Waals surface area contributed by atoms with Crippen LogP contribution in [0.5, 0.6) is 0 Å². The Bertz CT molecular complexity index is 1390. The Kier molecular flexibility index (Phi) is 8.43. The molecule has 4 rings (SSSR count). The molecular formula is C27H25F6N3O3. The number of carbonyl (C=O) groups is 1. The molecule has 1 amide bonds. The number of amides is 1. The minimum atomic E-state index is -4.91. The number of carbonyl (C=O) groups excluding carboxylic acids is 1. The average molecular weight is 554 g/mol. The van der Waals surface area contributed by atoms with Crippen LogP contribution >= 0.6 is 0 Å². The number of halogens is 6. The second kappa shape index (κ2) is 11.6. The zero-order chi connectivity index (χ0) is 28.3. The predicted octanol–water partition coefficient (Wildman–Crippen LogP) is 5.57. The van der Waals surface area contributed by atoms with E-state index in [2.05, 4.69) is 15.3 Å². The molecule has 1 heterocycles. The van der Waals surface area contributed by atoms with Crippen LogP contribution in [0.3, 0.4) is 0 Å². The summed E-state index contributed by atoms with van der Waals surface area (Å²) in [5, 5.41) is 2.58. The van der Waals surface area contributed by atoms with Gasteiger partial charge in [-0.05, 0) is 56.4 Å². The number of nitrogens with zero attached hydrogens (tertiary/aromatic N) is 1. The summed E-state index contributed by atoms with van der Waals surface area (Å²) in [6.45, 7) is 1.05. The van der Waals surface area contributed by atoms with Crippen LogP contribution in [0.1, 0.15) is 48.1 Å². The number of alkyl halides is 3. The monoisotopic (exact) mass is 553 g/mol. The van der Waals surface area contributed by atoms with Crippen LogP contribution in [-0.2, 0) is 28.9 Å². The van der Waals surface area contributed by atoms with Crippen molar-refractivity contribution in [2.45, 2.75) is 58.0 Å². The number of rotatable bonds is 7. The molecule has 2 aromatic carbocycles. The molecule has 1 saturated carbocycles. The highest BCUT2D eigenvalue weighted by atomic mass is 19.4. The number of ether oxygens (including phenoxy) is 1. The summed E-state index contributed by atoms with van der Waals surface area (Å²) in [5.74, 6) is -4.00. The van der Waals surface area contributed by atoms with E-state index in [4.69, 9.17) is 4.74 Å². The SMILES string of the molecule is Cc1cc(=O)[nH]c(-c2c(C(F)(F)F)ccc(CNC(=O)[C@H]3CC[C@H](OCc4cc(F)cc(F)c4)CC3)c2F)n1. The van der Waals surface area contributed by atoms with E-state index in [1.54, 1.807) is 0 Å². The summed E-state index contributed by atoms with van der Waals surface area (Å²) in [5.41, 5.74) is -2.66. The van der Waals surface area contributed by atoms with Gasteiger partial charge in [-0.25, -0.2) is 18.2 Å². The van der Waals surface area contributed by atoms with Crippen LogP contribution in [-0.4, -0.2) is 22.0 Å². The summed E-state index contributed by atoms with van der Waals surface area (Å²) in [6, 6.07) is 5.83. The van der Waals surface area contributed by atoms with E-state index in [1.807, 2.05) is 0 Å². The third kappa shape index (κ3) is 7.05. The quantitative estimate of drug-likeness (QED) is 0.375. The van der Waals surface area contributed by atoms with Crippen molar-refractivity contribution in [2.24, 2.45) is 5.92 Å². The first kappa shape index (κ1) is 28.3. The zero-order valence-corrected chi connectivity index (χ0v) is 20.8. The molecule has 0 radical (unpaired) electrons. The van der Waals surface area contributed by atoms with Crippen molar-refractivity contribution in [1.82, 2.24) is 15.3 Å². The minimum Gasteiger partial charge on any atom is -0.374 e. The Morgan fingerprint density at radius 3 is 2.33 bits per heavy atom. The summed E-state index contributed by atoms with van der Waals surface area (Å²) in [6.07, 6.45) is -3.20. The molecule has 0 bridgehead atoms. The zero-order valence-electron chi connectivity index (χ0n) is 20.8. The lowest BCUT2D eigenvalue weighted by Gasteiger charge is -2.28. The molecule has 1 aliphatic carbocycles. The topological polar surface area (TPSA) is 84.1 Å². The van der Waals surface area contributed by atoms with Gasteiger partial charge >= 0.3 is 6.18 Å². The van der Waals surface area contributed by atoms with Gasteiger partial charge in [0, 0.05) is 35.9 Å². The number of aromatic nitrogens is 2. The van der Waals surface area contributed by atoms with Gasteiger partial charge in [-0.3, -0.25) is 9.59 Å². The summed E-state index contributed by atoms with van der Waals surface area (Å²) >= 11 is 0. The Labute approximate surface area is 219 Å². The molecule has 0 aliphatic heterocycles. The van der Waals surface area contributed by atoms with Gasteiger partial charge in [0.25, 0.3) is 5.56 Å². The van der Waals surface area contributed by atoms with Crippen molar-refractivity contribution in [3.63, 3.8) is 0 Å². The molecule has 0 atom stereocenters. The molecule has 208 valence electrons. The van der Waals surface area contributed by atoms with E-state index < -0.39 is 52.1 Å². The van der Waals surface area contributed by atoms with Gasteiger partial charge in [0.15, 0.2) is 0 Å². The summed E-state index contributed by atoms with van der Waals surface area (Å²) in [4.78, 5) is 30.5. The maximum Gasteiger partial charge on any atom is 0.417 e. The van der Waals surface area contributed by atoms with Crippen LogP contribution in [0.25, 0.3) is 11.4 Å². The highest BCUT2D eigenvalue weighted by Gasteiger charge is 2.37. The third-order valence-electron chi connectivity index (χ3n) is 6.54. The van der Waals surface area contributed by atoms with Crippen molar-refractivity contribution >= 4 is 5.91 Å². The fraction of sp³-hybridized carbons (Fsp3) is 0.370. The van der Waals surface area contributed by atoms with Crippen LogP contribution < -0.4 is 10.9 Å². The van der Waals surface area contributed by atoms with Gasteiger partial charge in [0.1, 0.15) is 23.3 Å². The van der Waals surface area contributed by atoms with E-state index in [9.17, 15) is 31.5 Å². The Balaban J connectivity index is 1.39. The molecule has 1 fully saturated rings. The van der Waals surface area contributed by atoms with Gasteiger partial charge in [0.05, 0.1) is 23.8 Å². The van der Waals surface area contributed by atoms with Gasteiger partial charge < -0.3 is 15.0 Å². The molecule has 0 saturated heterocycles. The summed E-state index contributed by atoms with van der Waals surface area (Å²) < 4.78 is 88.6. The molecule has 6 nitrogen and oxygen atoms in total. The second-order valence-electron chi connectivity index (χ2n) is 9.47.